The van der Waals surface area contributed by atoms with Crippen molar-refractivity contribution in [2.75, 3.05) is 0 Å². The summed E-state index contributed by atoms with van der Waals surface area (Å²) < 4.78 is 0. The summed E-state index contributed by atoms with van der Waals surface area (Å²) in [7, 11) is 0. The normalized spacial score (nSPS) is 14.5. The minimum atomic E-state index is -0.291. The molecule has 0 aliphatic carbocycles. The lowest BCUT2D eigenvalue weighted by Gasteiger charge is -2.26. The molecule has 0 radical (unpaired) electrons. The van der Waals surface area contributed by atoms with Crippen LogP contribution in [0.4, 0.5) is 0 Å². The molecule has 0 saturated heterocycles. The van der Waals surface area contributed by atoms with Crippen molar-refractivity contribution in [3.05, 3.63) is 193 Å². The van der Waals surface area contributed by atoms with Crippen LogP contribution in [0, 0.1) is 0 Å². The summed E-state index contributed by atoms with van der Waals surface area (Å²) in [6.07, 6.45) is 5.63. The lowest BCUT2D eigenvalue weighted by Crippen LogP contribution is -2.25. The van der Waals surface area contributed by atoms with Crippen molar-refractivity contribution >= 4 is 43.7 Å². The van der Waals surface area contributed by atoms with E-state index in [9.17, 15) is 0 Å². The second-order valence-electron chi connectivity index (χ2n) is 12.3. The molecule has 0 bridgehead atoms. The highest BCUT2D eigenvalue weighted by Crippen LogP contribution is 2.36. The van der Waals surface area contributed by atoms with Crippen molar-refractivity contribution in [1.29, 1.82) is 0 Å². The lowest BCUT2D eigenvalue weighted by molar-refractivity contribution is 0.670. The molecule has 0 spiro atoms. The Hall–Kier alpha value is -6.32. The van der Waals surface area contributed by atoms with Gasteiger partial charge in [-0.3, -0.25) is 9.98 Å². The number of aromatic nitrogens is 1. The van der Waals surface area contributed by atoms with Gasteiger partial charge in [-0.25, -0.2) is 0 Å². The van der Waals surface area contributed by atoms with Gasteiger partial charge in [0, 0.05) is 34.8 Å². The van der Waals surface area contributed by atoms with Gasteiger partial charge in [-0.05, 0) is 91.0 Å². The fraction of sp³-hybridized carbons (Fsp3) is 0.0222. The van der Waals surface area contributed by atoms with Gasteiger partial charge in [-0.2, -0.15) is 0 Å². The lowest BCUT2D eigenvalue weighted by atomic mass is 9.93. The van der Waals surface area contributed by atoms with Crippen LogP contribution >= 0.6 is 0 Å². The fourth-order valence-electron chi connectivity index (χ4n) is 6.94. The van der Waals surface area contributed by atoms with Crippen LogP contribution in [-0.2, 0) is 0 Å². The molecule has 1 aliphatic heterocycles. The smallest absolute Gasteiger partial charge is 0.146 e. The van der Waals surface area contributed by atoms with E-state index in [1.165, 1.54) is 43.4 Å². The van der Waals surface area contributed by atoms with Crippen LogP contribution in [0.3, 0.4) is 0 Å². The molecule has 0 fully saturated rings. The Morgan fingerprint density at radius 3 is 1.92 bits per heavy atom. The maximum Gasteiger partial charge on any atom is 0.146 e. The molecule has 1 aliphatic rings. The number of allylic oxidation sites excluding steroid dienone is 1. The predicted molar refractivity (Wildman–Crippen MR) is 201 cm³/mol. The zero-order valence-corrected chi connectivity index (χ0v) is 26.2. The average molecular weight is 614 g/mol. The van der Waals surface area contributed by atoms with E-state index in [0.29, 0.717) is 0 Å². The van der Waals surface area contributed by atoms with E-state index in [2.05, 4.69) is 168 Å². The van der Waals surface area contributed by atoms with Gasteiger partial charge in [0.15, 0.2) is 0 Å². The molecule has 1 aromatic heterocycles. The molecule has 1 unspecified atom stereocenters. The van der Waals surface area contributed by atoms with Crippen LogP contribution < -0.4 is 5.32 Å². The molecule has 3 heteroatoms. The summed E-state index contributed by atoms with van der Waals surface area (Å²) in [5.41, 5.74) is 9.88. The minimum Gasteiger partial charge on any atom is -0.359 e. The predicted octanol–water partition coefficient (Wildman–Crippen LogP) is 11.0. The molecule has 8 aromatic rings. The third-order valence-electron chi connectivity index (χ3n) is 9.35. The monoisotopic (exact) mass is 613 g/mol. The fourth-order valence-corrected chi connectivity index (χ4v) is 6.94. The second-order valence-corrected chi connectivity index (χ2v) is 12.3. The van der Waals surface area contributed by atoms with Gasteiger partial charge >= 0.3 is 0 Å². The first-order chi connectivity index (χ1) is 23.8. The van der Waals surface area contributed by atoms with Crippen molar-refractivity contribution in [3.63, 3.8) is 0 Å². The number of hydrogen-bond acceptors (Lipinski definition) is 3. The van der Waals surface area contributed by atoms with Crippen LogP contribution in [0.5, 0.6) is 0 Å². The highest BCUT2D eigenvalue weighted by atomic mass is 15.1. The number of nitrogens with one attached hydrogen (secondary N) is 1. The maximum absolute atomic E-state index is 5.44. The van der Waals surface area contributed by atoms with Gasteiger partial charge in [-0.1, -0.05) is 127 Å². The van der Waals surface area contributed by atoms with E-state index in [0.717, 1.165) is 39.2 Å². The Morgan fingerprint density at radius 1 is 0.438 bits per heavy atom. The Bertz CT molecular complexity index is 2550. The van der Waals surface area contributed by atoms with Crippen molar-refractivity contribution in [1.82, 2.24) is 10.3 Å². The average Bonchev–Trinajstić information content (AvgIpc) is 3.17. The van der Waals surface area contributed by atoms with E-state index in [-0.39, 0.29) is 6.17 Å². The summed E-state index contributed by atoms with van der Waals surface area (Å²) in [5, 5.41) is 11.2. The van der Waals surface area contributed by atoms with Gasteiger partial charge in [0.05, 0.1) is 5.71 Å². The number of aliphatic imine (C=N–C) groups is 1. The van der Waals surface area contributed by atoms with Crippen molar-refractivity contribution in [3.8, 4) is 22.3 Å². The molecule has 0 saturated carbocycles. The highest BCUT2D eigenvalue weighted by molar-refractivity contribution is 6.14. The molecule has 226 valence electrons. The number of hydrogen-bond donors (Lipinski definition) is 1. The first kappa shape index (κ1) is 27.9. The van der Waals surface area contributed by atoms with E-state index in [1.54, 1.807) is 0 Å². The zero-order valence-electron chi connectivity index (χ0n) is 26.2. The van der Waals surface area contributed by atoms with Crippen LogP contribution in [0.25, 0.3) is 60.3 Å². The summed E-state index contributed by atoms with van der Waals surface area (Å²) in [6, 6.07) is 56.3. The van der Waals surface area contributed by atoms with Crippen LogP contribution in [0.15, 0.2) is 181 Å². The molecule has 3 nitrogen and oxygen atoms in total. The second kappa shape index (κ2) is 11.8. The Balaban J connectivity index is 1.20. The first-order valence-corrected chi connectivity index (χ1v) is 16.3. The molecule has 1 atom stereocenters. The van der Waals surface area contributed by atoms with Gasteiger partial charge in [0.1, 0.15) is 6.17 Å². The molecule has 9 rings (SSSR count). The largest absolute Gasteiger partial charge is 0.359 e. The van der Waals surface area contributed by atoms with Crippen molar-refractivity contribution in [2.24, 2.45) is 4.99 Å². The number of benzene rings is 7. The zero-order chi connectivity index (χ0) is 31.9. The molecule has 2 heterocycles. The first-order valence-electron chi connectivity index (χ1n) is 16.3. The molecule has 7 aromatic carbocycles. The summed E-state index contributed by atoms with van der Waals surface area (Å²) in [5.74, 6) is 0. The summed E-state index contributed by atoms with van der Waals surface area (Å²) in [4.78, 5) is 9.80. The highest BCUT2D eigenvalue weighted by Gasteiger charge is 2.23. The minimum absolute atomic E-state index is 0.291. The van der Waals surface area contributed by atoms with Crippen molar-refractivity contribution in [2.45, 2.75) is 6.17 Å². The number of rotatable bonds is 5. The number of fused-ring (bicyclic) bond motifs is 4. The van der Waals surface area contributed by atoms with E-state index in [4.69, 9.17) is 4.99 Å². The van der Waals surface area contributed by atoms with E-state index >= 15 is 0 Å². The molecule has 48 heavy (non-hydrogen) atoms. The maximum atomic E-state index is 5.44. The molecule has 1 N–H and O–H groups in total. The number of nitrogens with zero attached hydrogens (tertiary/aromatic N) is 2. The Kier molecular flexibility index (Phi) is 6.87. The Labute approximate surface area is 279 Å². The van der Waals surface area contributed by atoms with Crippen molar-refractivity contribution < 1.29 is 0 Å². The summed E-state index contributed by atoms with van der Waals surface area (Å²) in [6.45, 7) is 0. The number of pyridine rings is 1. The topological polar surface area (TPSA) is 37.3 Å². The third kappa shape index (κ3) is 5.12. The third-order valence-corrected chi connectivity index (χ3v) is 9.35. The van der Waals surface area contributed by atoms with Gasteiger partial charge < -0.3 is 5.32 Å². The van der Waals surface area contributed by atoms with Crippen LogP contribution in [-0.4, -0.2) is 10.7 Å². The van der Waals surface area contributed by atoms with Gasteiger partial charge in [0.25, 0.3) is 0 Å². The Morgan fingerprint density at radius 2 is 1.08 bits per heavy atom. The van der Waals surface area contributed by atoms with Gasteiger partial charge in [-0.15, -0.1) is 0 Å². The summed E-state index contributed by atoms with van der Waals surface area (Å²) >= 11 is 0. The van der Waals surface area contributed by atoms with E-state index < -0.39 is 0 Å². The van der Waals surface area contributed by atoms with Gasteiger partial charge in [0.2, 0.25) is 0 Å². The molecular weight excluding hydrogens is 583 g/mol. The SMILES string of the molecule is C1=C(c2cccc(-c3cccnc3)c2)NC(c2cc3ccccc3c3ccccc23)N=C1c1cccc(-c2ccc3ccccc3c2)c1. The molecular formula is C45H31N3. The quantitative estimate of drug-likeness (QED) is 0.196. The standard InChI is InChI=1S/C45H31N3/c1-2-11-31-24-34(22-21-30(31)10-1)32-13-7-15-36(25-32)43-28-44(37-16-8-14-33(26-37)38-17-9-23-46-29-38)48-45(47-43)42-27-35-12-3-4-18-39(35)40-19-5-6-20-41(40)42/h1-29,45,48H. The molecule has 0 amide bonds. The van der Waals surface area contributed by atoms with E-state index in [1.807, 2.05) is 18.5 Å². The van der Waals surface area contributed by atoms with Crippen LogP contribution in [0.2, 0.25) is 0 Å². The van der Waals surface area contributed by atoms with Crippen LogP contribution in [0.1, 0.15) is 22.9 Å².